The van der Waals surface area contributed by atoms with Crippen LogP contribution in [0.25, 0.3) is 0 Å². The van der Waals surface area contributed by atoms with Crippen LogP contribution in [0.2, 0.25) is 0 Å². The highest BCUT2D eigenvalue weighted by atomic mass is 32.1. The fraction of sp³-hybridized carbons (Fsp3) is 0.800. The van der Waals surface area contributed by atoms with E-state index in [4.69, 9.17) is 0 Å². The highest BCUT2D eigenvalue weighted by molar-refractivity contribution is 7.09. The lowest BCUT2D eigenvalue weighted by Crippen LogP contribution is -2.59. The quantitative estimate of drug-likeness (QED) is 0.898. The van der Waals surface area contributed by atoms with Crippen LogP contribution in [-0.4, -0.2) is 41.6 Å². The topological polar surface area (TPSA) is 28.2 Å². The normalized spacial score (nSPS) is 24.9. The van der Waals surface area contributed by atoms with E-state index in [1.54, 1.807) is 11.3 Å². The molecule has 0 amide bonds. The van der Waals surface area contributed by atoms with Gasteiger partial charge in [0.25, 0.3) is 0 Å². The molecule has 1 saturated carbocycles. The van der Waals surface area contributed by atoms with Gasteiger partial charge in [0.1, 0.15) is 0 Å². The molecular weight excluding hydrogens is 254 g/mol. The molecule has 0 radical (unpaired) electrons. The molecule has 4 heteroatoms. The van der Waals surface area contributed by atoms with Crippen molar-refractivity contribution in [3.8, 4) is 0 Å². The van der Waals surface area contributed by atoms with Gasteiger partial charge in [-0.15, -0.1) is 11.3 Å². The van der Waals surface area contributed by atoms with Crippen molar-refractivity contribution in [1.82, 2.24) is 15.2 Å². The van der Waals surface area contributed by atoms with E-state index in [1.807, 2.05) is 11.7 Å². The molecule has 1 atom stereocenters. The van der Waals surface area contributed by atoms with Crippen molar-refractivity contribution < 1.29 is 0 Å². The van der Waals surface area contributed by atoms with Crippen molar-refractivity contribution in [2.45, 2.75) is 56.5 Å². The maximum atomic E-state index is 4.23. The van der Waals surface area contributed by atoms with Gasteiger partial charge in [-0.05, 0) is 45.8 Å². The van der Waals surface area contributed by atoms with E-state index in [2.05, 4.69) is 22.2 Å². The summed E-state index contributed by atoms with van der Waals surface area (Å²) >= 11 is 1.80. The number of hydrogen-bond donors (Lipinski definition) is 1. The number of thiazole rings is 1. The summed E-state index contributed by atoms with van der Waals surface area (Å²) in [6.45, 7) is 2.61. The van der Waals surface area contributed by atoms with E-state index in [0.29, 0.717) is 11.6 Å². The third-order valence-electron chi connectivity index (χ3n) is 5.09. The highest BCUT2D eigenvalue weighted by Crippen LogP contribution is 2.41. The molecule has 1 N–H and O–H groups in total. The summed E-state index contributed by atoms with van der Waals surface area (Å²) in [7, 11) is 2.14. The number of likely N-dealkylation sites (tertiary alicyclic amines) is 1. The molecule has 19 heavy (non-hydrogen) atoms. The lowest BCUT2D eigenvalue weighted by molar-refractivity contribution is 0.0801. The van der Waals surface area contributed by atoms with Crippen LogP contribution in [-0.2, 0) is 6.42 Å². The predicted molar refractivity (Wildman–Crippen MR) is 80.7 cm³/mol. The average molecular weight is 279 g/mol. The molecule has 2 fully saturated rings. The summed E-state index contributed by atoms with van der Waals surface area (Å²) < 4.78 is 0. The number of hydrogen-bond acceptors (Lipinski definition) is 4. The van der Waals surface area contributed by atoms with Crippen LogP contribution >= 0.6 is 11.3 Å². The van der Waals surface area contributed by atoms with E-state index in [-0.39, 0.29) is 0 Å². The van der Waals surface area contributed by atoms with Gasteiger partial charge in [-0.2, -0.15) is 0 Å². The number of aromatic nitrogens is 1. The highest BCUT2D eigenvalue weighted by Gasteiger charge is 2.45. The van der Waals surface area contributed by atoms with Gasteiger partial charge in [-0.1, -0.05) is 12.8 Å². The Bertz CT molecular complexity index is 378. The van der Waals surface area contributed by atoms with Crippen LogP contribution in [0.4, 0.5) is 0 Å². The standard InChI is InChI=1S/C15H25N3S/c1-16-14(10-13-11-17-12-19-13)15(6-2-3-7-15)18-8-4-5-9-18/h11-12,14,16H,2-10H2,1H3. The van der Waals surface area contributed by atoms with Crippen LogP contribution in [0.5, 0.6) is 0 Å². The third kappa shape index (κ3) is 2.58. The van der Waals surface area contributed by atoms with Crippen molar-refractivity contribution >= 4 is 11.3 Å². The molecule has 1 aromatic rings. The van der Waals surface area contributed by atoms with Crippen LogP contribution in [0.15, 0.2) is 11.7 Å². The van der Waals surface area contributed by atoms with Crippen LogP contribution in [0, 0.1) is 0 Å². The first kappa shape index (κ1) is 13.5. The molecular formula is C15H25N3S. The number of rotatable bonds is 5. The van der Waals surface area contributed by atoms with Gasteiger partial charge in [0, 0.05) is 29.1 Å². The molecule has 1 aliphatic heterocycles. The van der Waals surface area contributed by atoms with Gasteiger partial charge in [-0.25, -0.2) is 0 Å². The first-order valence-electron chi connectivity index (χ1n) is 7.65. The zero-order chi connectivity index (χ0) is 13.1. The maximum absolute atomic E-state index is 4.23. The van der Waals surface area contributed by atoms with Crippen LogP contribution < -0.4 is 5.32 Å². The Morgan fingerprint density at radius 3 is 2.63 bits per heavy atom. The third-order valence-corrected chi connectivity index (χ3v) is 5.89. The lowest BCUT2D eigenvalue weighted by atomic mass is 9.84. The summed E-state index contributed by atoms with van der Waals surface area (Å²) in [6.07, 6.45) is 11.5. The minimum absolute atomic E-state index is 0.412. The van der Waals surface area contributed by atoms with Crippen molar-refractivity contribution in [1.29, 1.82) is 0 Å². The van der Waals surface area contributed by atoms with E-state index in [1.165, 1.54) is 56.5 Å². The molecule has 3 rings (SSSR count). The predicted octanol–water partition coefficient (Wildman–Crippen LogP) is 2.68. The number of nitrogens with one attached hydrogen (secondary N) is 1. The fourth-order valence-corrected chi connectivity index (χ4v) is 4.78. The Morgan fingerprint density at radius 2 is 2.05 bits per heavy atom. The molecule has 0 aromatic carbocycles. The number of nitrogens with zero attached hydrogens (tertiary/aromatic N) is 2. The SMILES string of the molecule is CNC(Cc1cncs1)C1(N2CCCC2)CCCC1. The Balaban J connectivity index is 1.80. The molecule has 2 aliphatic rings. The molecule has 1 aliphatic carbocycles. The molecule has 1 aromatic heterocycles. The average Bonchev–Trinajstić information content (AvgIpc) is 3.15. The van der Waals surface area contributed by atoms with Crippen molar-refractivity contribution in [3.05, 3.63) is 16.6 Å². The first-order chi connectivity index (χ1) is 9.35. The Hall–Kier alpha value is -0.450. The van der Waals surface area contributed by atoms with Gasteiger partial charge < -0.3 is 5.32 Å². The Kier molecular flexibility index (Phi) is 4.20. The molecule has 0 spiro atoms. The van der Waals surface area contributed by atoms with Gasteiger partial charge in [0.2, 0.25) is 0 Å². The Morgan fingerprint density at radius 1 is 1.32 bits per heavy atom. The van der Waals surface area contributed by atoms with Crippen molar-refractivity contribution in [3.63, 3.8) is 0 Å². The minimum Gasteiger partial charge on any atom is -0.315 e. The van der Waals surface area contributed by atoms with Gasteiger partial charge in [0.15, 0.2) is 0 Å². The van der Waals surface area contributed by atoms with Gasteiger partial charge in [-0.3, -0.25) is 9.88 Å². The summed E-state index contributed by atoms with van der Waals surface area (Å²) in [5.74, 6) is 0. The van der Waals surface area contributed by atoms with E-state index < -0.39 is 0 Å². The minimum atomic E-state index is 0.412. The second-order valence-electron chi connectivity index (χ2n) is 6.02. The summed E-state index contributed by atoms with van der Waals surface area (Å²) in [5, 5.41) is 3.64. The van der Waals surface area contributed by atoms with E-state index in [9.17, 15) is 0 Å². The molecule has 0 bridgehead atoms. The Labute approximate surface area is 120 Å². The van der Waals surface area contributed by atoms with Crippen molar-refractivity contribution in [2.75, 3.05) is 20.1 Å². The van der Waals surface area contributed by atoms with Gasteiger partial charge in [0.05, 0.1) is 5.51 Å². The zero-order valence-electron chi connectivity index (χ0n) is 11.9. The van der Waals surface area contributed by atoms with Crippen LogP contribution in [0.3, 0.4) is 0 Å². The first-order valence-corrected chi connectivity index (χ1v) is 8.53. The smallest absolute Gasteiger partial charge is 0.0794 e. The van der Waals surface area contributed by atoms with E-state index in [0.717, 1.165) is 6.42 Å². The monoisotopic (exact) mass is 279 g/mol. The molecule has 106 valence electrons. The van der Waals surface area contributed by atoms with E-state index >= 15 is 0 Å². The zero-order valence-corrected chi connectivity index (χ0v) is 12.7. The summed E-state index contributed by atoms with van der Waals surface area (Å²) in [4.78, 5) is 8.45. The number of likely N-dealkylation sites (N-methyl/N-ethyl adjacent to an activating group) is 1. The summed E-state index contributed by atoms with van der Waals surface area (Å²) in [5.41, 5.74) is 2.37. The van der Waals surface area contributed by atoms with Gasteiger partial charge >= 0.3 is 0 Å². The van der Waals surface area contributed by atoms with Crippen molar-refractivity contribution in [2.24, 2.45) is 0 Å². The maximum Gasteiger partial charge on any atom is 0.0794 e. The second-order valence-corrected chi connectivity index (χ2v) is 6.99. The largest absolute Gasteiger partial charge is 0.315 e. The second kappa shape index (κ2) is 5.90. The fourth-order valence-electron chi connectivity index (χ4n) is 4.14. The molecule has 2 heterocycles. The van der Waals surface area contributed by atoms with Crippen LogP contribution in [0.1, 0.15) is 43.4 Å². The lowest BCUT2D eigenvalue weighted by Gasteiger charge is -2.45. The molecule has 1 unspecified atom stereocenters. The summed E-state index contributed by atoms with van der Waals surface area (Å²) in [6, 6.07) is 0.577. The molecule has 3 nitrogen and oxygen atoms in total. The molecule has 1 saturated heterocycles.